The highest BCUT2D eigenvalue weighted by Crippen LogP contribution is 2.48. The summed E-state index contributed by atoms with van der Waals surface area (Å²) in [6.45, 7) is 3.00. The number of nitrogen functional groups attached to an aromatic ring is 1. The lowest BCUT2D eigenvalue weighted by Gasteiger charge is -2.19. The van der Waals surface area contributed by atoms with Gasteiger partial charge in [0.15, 0.2) is 5.69 Å². The first-order chi connectivity index (χ1) is 23.3. The van der Waals surface area contributed by atoms with E-state index in [0.29, 0.717) is 12.6 Å². The van der Waals surface area contributed by atoms with Crippen LogP contribution in [0.1, 0.15) is 35.5 Å². The predicted octanol–water partition coefficient (Wildman–Crippen LogP) is 4.67. The minimum Gasteiger partial charge on any atom is -0.465 e. The van der Waals surface area contributed by atoms with Gasteiger partial charge in [-0.2, -0.15) is 10.4 Å². The Morgan fingerprint density at radius 1 is 1.04 bits per heavy atom. The van der Waals surface area contributed by atoms with E-state index in [9.17, 15) is 19.2 Å². The van der Waals surface area contributed by atoms with Crippen LogP contribution in [0.5, 0.6) is 0 Å². The van der Waals surface area contributed by atoms with Gasteiger partial charge in [0.1, 0.15) is 42.6 Å². The number of rotatable bonds is 10. The van der Waals surface area contributed by atoms with E-state index in [1.807, 2.05) is 30.3 Å². The molecule has 48 heavy (non-hydrogen) atoms. The highest BCUT2D eigenvalue weighted by molar-refractivity contribution is 6.17. The molecule has 0 atom stereocenters. The first kappa shape index (κ1) is 31.5. The van der Waals surface area contributed by atoms with Crippen LogP contribution in [0, 0.1) is 23.0 Å². The molecule has 13 nitrogen and oxygen atoms in total. The molecule has 0 fully saturated rings. The van der Waals surface area contributed by atoms with E-state index in [4.69, 9.17) is 15.2 Å². The minimum atomic E-state index is -0.993. The van der Waals surface area contributed by atoms with Crippen LogP contribution < -0.4 is 5.73 Å². The predicted molar refractivity (Wildman–Crippen MR) is 168 cm³/mol. The Labute approximate surface area is 271 Å². The fourth-order valence-corrected chi connectivity index (χ4v) is 5.67. The fourth-order valence-electron chi connectivity index (χ4n) is 5.67. The summed E-state index contributed by atoms with van der Waals surface area (Å²) in [5.74, 6) is -3.46. The molecule has 0 saturated heterocycles. The SMILES string of the molecule is CCOC(=O)Cn1c(C(=O)OCC)c(N)c2c(-c3cn(Cc4ccccc4)nn3)c(-n3cncn3)c(-c3ccc(F)cc3F)c(C#N)c21. The van der Waals surface area contributed by atoms with E-state index < -0.39 is 30.1 Å². The number of fused-ring (bicyclic) bond motifs is 1. The topological polar surface area (TPSA) is 169 Å². The van der Waals surface area contributed by atoms with Crippen molar-refractivity contribution < 1.29 is 27.8 Å². The molecule has 0 saturated carbocycles. The van der Waals surface area contributed by atoms with Crippen LogP contribution >= 0.6 is 0 Å². The number of carbonyl (C=O) groups is 2. The number of nitrogens with two attached hydrogens (primary N) is 1. The van der Waals surface area contributed by atoms with E-state index in [1.54, 1.807) is 24.7 Å². The first-order valence-corrected chi connectivity index (χ1v) is 14.8. The molecule has 0 spiro atoms. The van der Waals surface area contributed by atoms with Crippen LogP contribution in [-0.4, -0.2) is 59.5 Å². The zero-order chi connectivity index (χ0) is 33.9. The van der Waals surface area contributed by atoms with Crippen LogP contribution in [-0.2, 0) is 27.4 Å². The number of halogens is 2. The van der Waals surface area contributed by atoms with Crippen molar-refractivity contribution in [1.29, 1.82) is 5.26 Å². The monoisotopic (exact) mass is 651 g/mol. The maximum Gasteiger partial charge on any atom is 0.357 e. The van der Waals surface area contributed by atoms with Crippen LogP contribution in [0.15, 0.2) is 67.4 Å². The zero-order valence-corrected chi connectivity index (χ0v) is 25.7. The largest absolute Gasteiger partial charge is 0.465 e. The van der Waals surface area contributed by atoms with Gasteiger partial charge in [0.2, 0.25) is 0 Å². The van der Waals surface area contributed by atoms with Crippen LogP contribution in [0.3, 0.4) is 0 Å². The third kappa shape index (κ3) is 5.60. The normalized spacial score (nSPS) is 11.1. The third-order valence-corrected chi connectivity index (χ3v) is 7.52. The van der Waals surface area contributed by atoms with Crippen molar-refractivity contribution >= 4 is 28.5 Å². The zero-order valence-electron chi connectivity index (χ0n) is 25.7. The van der Waals surface area contributed by atoms with Crippen molar-refractivity contribution in [2.45, 2.75) is 26.9 Å². The van der Waals surface area contributed by atoms with Gasteiger partial charge in [-0.15, -0.1) is 5.10 Å². The Hall–Kier alpha value is -6.43. The number of nitrogens with zero attached hydrogens (tertiary/aromatic N) is 8. The molecule has 15 heteroatoms. The maximum absolute atomic E-state index is 15.8. The summed E-state index contributed by atoms with van der Waals surface area (Å²) in [4.78, 5) is 30.5. The Bertz CT molecular complexity index is 2200. The quantitative estimate of drug-likeness (QED) is 0.206. The molecule has 3 aromatic heterocycles. The summed E-state index contributed by atoms with van der Waals surface area (Å²) in [5.41, 5.74) is 7.32. The maximum atomic E-state index is 15.8. The van der Waals surface area contributed by atoms with Gasteiger partial charge in [0.25, 0.3) is 0 Å². The Balaban J connectivity index is 1.80. The lowest BCUT2D eigenvalue weighted by molar-refractivity contribution is -0.143. The average molecular weight is 652 g/mol. The van der Waals surface area contributed by atoms with Crippen molar-refractivity contribution in [2.75, 3.05) is 18.9 Å². The van der Waals surface area contributed by atoms with Crippen molar-refractivity contribution in [2.24, 2.45) is 0 Å². The highest BCUT2D eigenvalue weighted by atomic mass is 19.1. The number of carbonyl (C=O) groups excluding carboxylic acids is 2. The number of benzene rings is 3. The molecule has 0 aliphatic heterocycles. The van der Waals surface area contributed by atoms with Gasteiger partial charge < -0.3 is 19.8 Å². The molecule has 0 amide bonds. The van der Waals surface area contributed by atoms with Gasteiger partial charge >= 0.3 is 11.9 Å². The minimum absolute atomic E-state index is 0.0127. The summed E-state index contributed by atoms with van der Waals surface area (Å²) in [6, 6.07) is 14.5. The number of hydrogen-bond acceptors (Lipinski definition) is 10. The molecule has 0 bridgehead atoms. The molecule has 2 N–H and O–H groups in total. The standard InChI is InChI=1S/C33H27F2N9O4/c1-3-47-25(45)16-43-30-22(13-36)26(21-11-10-20(34)12-23(21)35)31(44-18-38-17-39-44)27(28(30)29(37)32(43)33(46)48-4-2)24-15-42(41-40-24)14-19-8-6-5-7-9-19/h5-12,15,17-18H,3-4,14,16,37H2,1-2H3. The number of anilines is 1. The highest BCUT2D eigenvalue weighted by Gasteiger charge is 2.34. The first-order valence-electron chi connectivity index (χ1n) is 14.8. The molecular formula is C33H27F2N9O4. The van der Waals surface area contributed by atoms with E-state index in [2.05, 4.69) is 26.5 Å². The second kappa shape index (κ2) is 13.1. The van der Waals surface area contributed by atoms with Crippen LogP contribution in [0.2, 0.25) is 0 Å². The molecule has 3 heterocycles. The van der Waals surface area contributed by atoms with Crippen LogP contribution in [0.25, 0.3) is 39.0 Å². The van der Waals surface area contributed by atoms with E-state index in [0.717, 1.165) is 11.6 Å². The summed E-state index contributed by atoms with van der Waals surface area (Å²) >= 11 is 0. The van der Waals surface area contributed by atoms with Crippen molar-refractivity contribution in [3.05, 3.63) is 95.8 Å². The summed E-state index contributed by atoms with van der Waals surface area (Å²) in [6.07, 6.45) is 4.17. The molecule has 6 aromatic rings. The van der Waals surface area contributed by atoms with Crippen LogP contribution in [0.4, 0.5) is 14.5 Å². The van der Waals surface area contributed by atoms with Gasteiger partial charge in [-0.3, -0.25) is 4.79 Å². The summed E-state index contributed by atoms with van der Waals surface area (Å²) in [7, 11) is 0. The fraction of sp³-hybridized carbons (Fsp3) is 0.182. The molecule has 0 unspecified atom stereocenters. The molecular weight excluding hydrogens is 624 g/mol. The average Bonchev–Trinajstić information content (AvgIpc) is 3.82. The molecule has 3 aromatic carbocycles. The molecule has 0 aliphatic carbocycles. The van der Waals surface area contributed by atoms with E-state index >= 15 is 4.39 Å². The second-order valence-electron chi connectivity index (χ2n) is 10.4. The van der Waals surface area contributed by atoms with Gasteiger partial charge in [-0.05, 0) is 31.5 Å². The lowest BCUT2D eigenvalue weighted by Crippen LogP contribution is -2.20. The third-order valence-electron chi connectivity index (χ3n) is 7.52. The van der Waals surface area contributed by atoms with Crippen molar-refractivity contribution in [3.63, 3.8) is 0 Å². The Morgan fingerprint density at radius 2 is 1.81 bits per heavy atom. The van der Waals surface area contributed by atoms with Crippen molar-refractivity contribution in [1.82, 2.24) is 34.3 Å². The number of esters is 2. The van der Waals surface area contributed by atoms with E-state index in [-0.39, 0.29) is 69.1 Å². The lowest BCUT2D eigenvalue weighted by atomic mass is 9.90. The Morgan fingerprint density at radius 3 is 2.48 bits per heavy atom. The molecule has 0 aliphatic rings. The van der Waals surface area contributed by atoms with Gasteiger partial charge in [-0.25, -0.2) is 27.9 Å². The van der Waals surface area contributed by atoms with Gasteiger partial charge in [-0.1, -0.05) is 35.5 Å². The number of ether oxygens (including phenoxy) is 2. The molecule has 242 valence electrons. The number of aromatic nitrogens is 7. The molecule has 6 rings (SSSR count). The van der Waals surface area contributed by atoms with Gasteiger partial charge in [0.05, 0.1) is 48.4 Å². The van der Waals surface area contributed by atoms with Gasteiger partial charge in [0, 0.05) is 28.1 Å². The molecule has 0 radical (unpaired) electrons. The Kier molecular flexibility index (Phi) is 8.63. The second-order valence-corrected chi connectivity index (χ2v) is 10.4. The summed E-state index contributed by atoms with van der Waals surface area (Å²) < 4.78 is 44.6. The van der Waals surface area contributed by atoms with Crippen molar-refractivity contribution in [3.8, 4) is 34.1 Å². The number of nitriles is 1. The number of hydrogen-bond donors (Lipinski definition) is 1. The smallest absolute Gasteiger partial charge is 0.357 e. The summed E-state index contributed by atoms with van der Waals surface area (Å²) in [5, 5.41) is 23.9. The van der Waals surface area contributed by atoms with E-state index in [1.165, 1.54) is 28.0 Å².